The Hall–Kier alpha value is -2.84. The summed E-state index contributed by atoms with van der Waals surface area (Å²) in [6.45, 7) is 5.97. The first-order valence-corrected chi connectivity index (χ1v) is 11.1. The maximum Gasteiger partial charge on any atom is 0.264 e. The molecule has 4 aromatic rings. The van der Waals surface area contributed by atoms with Crippen LogP contribution in [0.2, 0.25) is 0 Å². The molecule has 5 nitrogen and oxygen atoms in total. The highest BCUT2D eigenvalue weighted by atomic mass is 32.1. The van der Waals surface area contributed by atoms with E-state index in [9.17, 15) is 14.3 Å². The largest absolute Gasteiger partial charge is 0.504 e. The van der Waals surface area contributed by atoms with Crippen molar-refractivity contribution < 1.29 is 9.50 Å². The van der Waals surface area contributed by atoms with Crippen molar-refractivity contribution in [3.05, 3.63) is 73.0 Å². The summed E-state index contributed by atoms with van der Waals surface area (Å²) in [5.41, 5.74) is 1.78. The van der Waals surface area contributed by atoms with E-state index in [4.69, 9.17) is 0 Å². The number of thiazole rings is 1. The van der Waals surface area contributed by atoms with Crippen LogP contribution in [0.25, 0.3) is 22.0 Å². The van der Waals surface area contributed by atoms with E-state index in [2.05, 4.69) is 9.97 Å². The van der Waals surface area contributed by atoms with E-state index >= 15 is 0 Å². The number of aryl methyl sites for hydroxylation is 4. The number of halogens is 1. The number of para-hydroxylation sites is 1. The van der Waals surface area contributed by atoms with Gasteiger partial charge in [-0.25, -0.2) is 14.4 Å². The molecule has 4 rings (SSSR count). The molecule has 0 aliphatic heterocycles. The Morgan fingerprint density at radius 1 is 1.10 bits per heavy atom. The molecule has 0 aliphatic rings. The van der Waals surface area contributed by atoms with Gasteiger partial charge in [-0.2, -0.15) is 0 Å². The van der Waals surface area contributed by atoms with Gasteiger partial charge in [0.1, 0.15) is 10.8 Å². The maximum atomic E-state index is 14.0. The van der Waals surface area contributed by atoms with Crippen LogP contribution in [-0.2, 0) is 13.0 Å². The predicted molar refractivity (Wildman–Crippen MR) is 119 cm³/mol. The van der Waals surface area contributed by atoms with Crippen molar-refractivity contribution in [1.29, 1.82) is 0 Å². The smallest absolute Gasteiger partial charge is 0.264 e. The lowest BCUT2D eigenvalue weighted by molar-refractivity contribution is 0.433. The summed E-state index contributed by atoms with van der Waals surface area (Å²) < 4.78 is 15.5. The predicted octanol–water partition coefficient (Wildman–Crippen LogP) is 5.11. The number of phenols is 1. The van der Waals surface area contributed by atoms with Crippen molar-refractivity contribution in [2.24, 2.45) is 0 Å². The monoisotopic (exact) mass is 441 g/mol. The Balaban J connectivity index is 1.93. The lowest BCUT2D eigenvalue weighted by Gasteiger charge is -2.16. The highest BCUT2D eigenvalue weighted by Crippen LogP contribution is 2.32. The first-order chi connectivity index (χ1) is 14.4. The molecule has 0 radical (unpaired) electrons. The minimum Gasteiger partial charge on any atom is -0.504 e. The molecule has 1 aromatic carbocycles. The van der Waals surface area contributed by atoms with Crippen LogP contribution < -0.4 is 5.56 Å². The Labute approximate surface area is 181 Å². The number of hydrogen-bond acceptors (Lipinski definition) is 6. The summed E-state index contributed by atoms with van der Waals surface area (Å²) in [6, 6.07) is 8.21. The summed E-state index contributed by atoms with van der Waals surface area (Å²) in [7, 11) is 0. The van der Waals surface area contributed by atoms with Crippen LogP contribution in [0.1, 0.15) is 21.1 Å². The molecule has 30 heavy (non-hydrogen) atoms. The van der Waals surface area contributed by atoms with Crippen molar-refractivity contribution in [3.8, 4) is 27.7 Å². The van der Waals surface area contributed by atoms with E-state index in [0.717, 1.165) is 15.4 Å². The number of hydrogen-bond donors (Lipinski definition) is 1. The summed E-state index contributed by atoms with van der Waals surface area (Å²) >= 11 is 3.06. The van der Waals surface area contributed by atoms with E-state index < -0.39 is 11.6 Å². The zero-order valence-electron chi connectivity index (χ0n) is 16.8. The molecular weight excluding hydrogens is 421 g/mol. The van der Waals surface area contributed by atoms with Crippen molar-refractivity contribution in [3.63, 3.8) is 0 Å². The van der Waals surface area contributed by atoms with Crippen LogP contribution in [0.3, 0.4) is 0 Å². The fourth-order valence-corrected chi connectivity index (χ4v) is 4.97. The highest BCUT2D eigenvalue weighted by Gasteiger charge is 2.22. The van der Waals surface area contributed by atoms with E-state index in [1.54, 1.807) is 24.3 Å². The normalized spacial score (nSPS) is 11.2. The number of rotatable bonds is 5. The van der Waals surface area contributed by atoms with Gasteiger partial charge in [0.25, 0.3) is 5.56 Å². The molecule has 0 bridgehead atoms. The van der Waals surface area contributed by atoms with Crippen molar-refractivity contribution in [2.75, 3.05) is 0 Å². The van der Waals surface area contributed by atoms with Gasteiger partial charge in [0.15, 0.2) is 11.6 Å². The topological polar surface area (TPSA) is 68.0 Å². The van der Waals surface area contributed by atoms with Crippen molar-refractivity contribution in [1.82, 2.24) is 14.5 Å². The van der Waals surface area contributed by atoms with Crippen LogP contribution in [0, 0.1) is 26.6 Å². The molecule has 0 amide bonds. The van der Waals surface area contributed by atoms with Gasteiger partial charge in [0.05, 0.1) is 22.5 Å². The van der Waals surface area contributed by atoms with Gasteiger partial charge in [-0.15, -0.1) is 22.7 Å². The lowest BCUT2D eigenvalue weighted by atomic mass is 10.1. The number of nitrogens with zero attached hydrogens (tertiary/aromatic N) is 3. The maximum absolute atomic E-state index is 14.0. The molecule has 0 saturated carbocycles. The first-order valence-electron chi connectivity index (χ1n) is 9.43. The zero-order valence-corrected chi connectivity index (χ0v) is 18.4. The minimum atomic E-state index is -0.751. The minimum absolute atomic E-state index is 0.194. The number of benzene rings is 1. The molecule has 8 heteroatoms. The zero-order chi connectivity index (χ0) is 21.4. The standard InChI is InChI=1S/C22H20FN3O2S2/c1-12-14(3)30-21(25-12)18-13(2)24-20(16-7-4-8-17(23)19(16)27)26(22(18)28)10-9-15-6-5-11-29-15/h4-8,11,27H,9-10H2,1-3H3. The Kier molecular flexibility index (Phi) is 5.53. The van der Waals surface area contributed by atoms with Gasteiger partial charge in [-0.05, 0) is 50.8 Å². The molecule has 0 atom stereocenters. The molecule has 0 fully saturated rings. The van der Waals surface area contributed by atoms with Crippen LogP contribution in [0.5, 0.6) is 5.75 Å². The molecule has 0 spiro atoms. The SMILES string of the molecule is Cc1nc(-c2c(C)nc(-c3cccc(F)c3O)n(CCc3cccs3)c2=O)sc1C. The van der Waals surface area contributed by atoms with Gasteiger partial charge >= 0.3 is 0 Å². The van der Waals surface area contributed by atoms with E-state index in [0.29, 0.717) is 29.2 Å². The molecule has 3 heterocycles. The average Bonchev–Trinajstić information content (AvgIpc) is 3.33. The van der Waals surface area contributed by atoms with Crippen LogP contribution in [-0.4, -0.2) is 19.6 Å². The molecule has 154 valence electrons. The van der Waals surface area contributed by atoms with Crippen LogP contribution in [0.4, 0.5) is 4.39 Å². The molecular formula is C22H20FN3O2S2. The van der Waals surface area contributed by atoms with Crippen LogP contribution in [0.15, 0.2) is 40.5 Å². The van der Waals surface area contributed by atoms with E-state index in [1.807, 2.05) is 31.4 Å². The average molecular weight is 442 g/mol. The third-order valence-corrected chi connectivity index (χ3v) is 7.01. The van der Waals surface area contributed by atoms with Gasteiger partial charge in [0.2, 0.25) is 0 Å². The number of aromatic nitrogens is 3. The summed E-state index contributed by atoms with van der Waals surface area (Å²) in [5.74, 6) is -1.01. The number of phenolic OH excluding ortho intramolecular Hbond substituents is 1. The Morgan fingerprint density at radius 3 is 2.57 bits per heavy atom. The molecule has 0 aliphatic carbocycles. The third-order valence-electron chi connectivity index (χ3n) is 4.98. The fraction of sp³-hybridized carbons (Fsp3) is 0.227. The van der Waals surface area contributed by atoms with E-state index in [-0.39, 0.29) is 16.9 Å². The van der Waals surface area contributed by atoms with Crippen LogP contribution >= 0.6 is 22.7 Å². The van der Waals surface area contributed by atoms with Crippen molar-refractivity contribution in [2.45, 2.75) is 33.7 Å². The second-order valence-corrected chi connectivity index (χ2v) is 9.21. The van der Waals surface area contributed by atoms with E-state index in [1.165, 1.54) is 28.0 Å². The summed E-state index contributed by atoms with van der Waals surface area (Å²) in [6.07, 6.45) is 0.626. The van der Waals surface area contributed by atoms with Gasteiger partial charge in [-0.1, -0.05) is 12.1 Å². The first kappa shape index (κ1) is 20.4. The fourth-order valence-electron chi connectivity index (χ4n) is 3.27. The molecule has 3 aromatic heterocycles. The highest BCUT2D eigenvalue weighted by molar-refractivity contribution is 7.15. The summed E-state index contributed by atoms with van der Waals surface area (Å²) in [5, 5.41) is 12.9. The van der Waals surface area contributed by atoms with Gasteiger partial charge < -0.3 is 5.11 Å². The molecule has 0 unspecified atom stereocenters. The van der Waals surface area contributed by atoms with Crippen molar-refractivity contribution >= 4 is 22.7 Å². The molecule has 1 N–H and O–H groups in total. The lowest BCUT2D eigenvalue weighted by Crippen LogP contribution is -2.27. The Morgan fingerprint density at radius 2 is 1.90 bits per heavy atom. The third kappa shape index (κ3) is 3.68. The number of aromatic hydroxyl groups is 1. The second-order valence-electron chi connectivity index (χ2n) is 6.98. The van der Waals surface area contributed by atoms with Gasteiger partial charge in [0, 0.05) is 16.3 Å². The Bertz CT molecular complexity index is 1260. The molecule has 0 saturated heterocycles. The number of thiophene rings is 1. The second kappa shape index (κ2) is 8.12. The quantitative estimate of drug-likeness (QED) is 0.467. The summed E-state index contributed by atoms with van der Waals surface area (Å²) in [4.78, 5) is 24.9. The van der Waals surface area contributed by atoms with Gasteiger partial charge in [-0.3, -0.25) is 9.36 Å².